The molecule has 8 nitrogen and oxygen atoms in total. The minimum absolute atomic E-state index is 0.142. The highest BCUT2D eigenvalue weighted by molar-refractivity contribution is 5.95. The van der Waals surface area contributed by atoms with Crippen molar-refractivity contribution in [2.75, 3.05) is 37.6 Å². The van der Waals surface area contributed by atoms with Crippen molar-refractivity contribution in [2.45, 2.75) is 51.1 Å². The Morgan fingerprint density at radius 3 is 2.91 bits per heavy atom. The number of likely N-dealkylation sites (tertiary alicyclic amines) is 1. The molecule has 34 heavy (non-hydrogen) atoms. The van der Waals surface area contributed by atoms with Gasteiger partial charge < -0.3 is 15.0 Å². The van der Waals surface area contributed by atoms with Gasteiger partial charge in [0.2, 0.25) is 0 Å². The van der Waals surface area contributed by atoms with Gasteiger partial charge in [-0.3, -0.25) is 14.6 Å². The van der Waals surface area contributed by atoms with Crippen LogP contribution >= 0.6 is 0 Å². The number of hydrogen-bond acceptors (Lipinski definition) is 7. The smallest absolute Gasteiger partial charge is 0.101 e. The number of benzene rings is 1. The summed E-state index contributed by atoms with van der Waals surface area (Å²) in [5.41, 5.74) is 5.13. The van der Waals surface area contributed by atoms with Crippen LogP contribution in [-0.2, 0) is 17.7 Å². The lowest BCUT2D eigenvalue weighted by molar-refractivity contribution is -0.0489. The first-order valence-corrected chi connectivity index (χ1v) is 12.3. The van der Waals surface area contributed by atoms with E-state index in [2.05, 4.69) is 63.0 Å². The summed E-state index contributed by atoms with van der Waals surface area (Å²) < 4.78 is 8.53. The summed E-state index contributed by atoms with van der Waals surface area (Å²) in [5.74, 6) is 0. The van der Waals surface area contributed by atoms with E-state index >= 15 is 0 Å². The summed E-state index contributed by atoms with van der Waals surface area (Å²) in [7, 11) is 0. The molecule has 6 rings (SSSR count). The molecule has 8 heteroatoms. The Bertz CT molecular complexity index is 1240. The van der Waals surface area contributed by atoms with Gasteiger partial charge in [0.15, 0.2) is 0 Å². The maximum Gasteiger partial charge on any atom is 0.101 e. The van der Waals surface area contributed by atoms with Crippen molar-refractivity contribution in [3.63, 3.8) is 0 Å². The molecule has 1 aromatic carbocycles. The summed E-state index contributed by atoms with van der Waals surface area (Å²) >= 11 is 0. The number of fused-ring (bicyclic) bond motifs is 2. The van der Waals surface area contributed by atoms with Crippen LogP contribution in [0.5, 0.6) is 0 Å². The van der Waals surface area contributed by atoms with Crippen LogP contribution in [0.15, 0.2) is 36.7 Å². The molecule has 2 aromatic heterocycles. The van der Waals surface area contributed by atoms with Crippen LogP contribution in [0.1, 0.15) is 36.7 Å². The van der Waals surface area contributed by atoms with Crippen molar-refractivity contribution in [3.05, 3.63) is 53.5 Å². The van der Waals surface area contributed by atoms with Gasteiger partial charge in [0.1, 0.15) is 6.07 Å². The van der Waals surface area contributed by atoms with E-state index in [-0.39, 0.29) is 12.2 Å². The zero-order valence-corrected chi connectivity index (χ0v) is 19.8. The largest absolute Gasteiger partial charge is 0.370 e. The molecule has 0 saturated carbocycles. The summed E-state index contributed by atoms with van der Waals surface area (Å²) in [6, 6.07) is 11.2. The molecule has 2 fully saturated rings. The van der Waals surface area contributed by atoms with E-state index in [1.807, 2.05) is 12.1 Å². The van der Waals surface area contributed by atoms with Gasteiger partial charge in [-0.05, 0) is 50.1 Å². The van der Waals surface area contributed by atoms with Crippen LogP contribution in [0, 0.1) is 11.3 Å². The summed E-state index contributed by atoms with van der Waals surface area (Å²) in [6.07, 6.45) is 5.37. The number of hydrogen-bond donors (Lipinski definition) is 1. The molecule has 2 unspecified atom stereocenters. The van der Waals surface area contributed by atoms with Crippen LogP contribution in [0.25, 0.3) is 10.9 Å². The van der Waals surface area contributed by atoms with E-state index < -0.39 is 0 Å². The van der Waals surface area contributed by atoms with Crippen molar-refractivity contribution in [1.82, 2.24) is 25.0 Å². The van der Waals surface area contributed by atoms with E-state index in [1.54, 1.807) is 6.20 Å². The molecule has 1 N–H and O–H groups in total. The molecular weight excluding hydrogens is 426 g/mol. The van der Waals surface area contributed by atoms with E-state index in [9.17, 15) is 5.26 Å². The first-order valence-electron chi connectivity index (χ1n) is 12.3. The third-order valence-corrected chi connectivity index (χ3v) is 7.35. The molecule has 0 aliphatic carbocycles. The number of nitriles is 1. The van der Waals surface area contributed by atoms with E-state index in [4.69, 9.17) is 9.84 Å². The minimum atomic E-state index is 0.142. The van der Waals surface area contributed by atoms with Crippen molar-refractivity contribution in [3.8, 4) is 6.07 Å². The van der Waals surface area contributed by atoms with Gasteiger partial charge in [0.05, 0.1) is 35.0 Å². The molecule has 3 aliphatic heterocycles. The number of anilines is 1. The van der Waals surface area contributed by atoms with Crippen LogP contribution < -0.4 is 10.2 Å². The van der Waals surface area contributed by atoms with Crippen molar-refractivity contribution in [1.29, 1.82) is 5.26 Å². The molecule has 3 aromatic rings. The highest BCUT2D eigenvalue weighted by Gasteiger charge is 2.34. The molecule has 0 radical (unpaired) electrons. The maximum absolute atomic E-state index is 9.48. The summed E-state index contributed by atoms with van der Waals surface area (Å²) in [5, 5.41) is 18.9. The number of aromatic nitrogens is 3. The number of nitrogens with zero attached hydrogens (tertiary/aromatic N) is 6. The maximum atomic E-state index is 9.48. The second-order valence-corrected chi connectivity index (χ2v) is 10.1. The molecule has 3 aliphatic rings. The van der Waals surface area contributed by atoms with E-state index in [1.165, 1.54) is 11.3 Å². The second-order valence-electron chi connectivity index (χ2n) is 10.1. The Balaban J connectivity index is 1.12. The third-order valence-electron chi connectivity index (χ3n) is 7.35. The average Bonchev–Trinajstić information content (AvgIpc) is 3.22. The SMILES string of the molecule is CC1CN(c2ccc(C#N)c3ncccc23)CC(CN2CC(n3cc4c(n3)CN[C@H](C)C4)C2)O1. The van der Waals surface area contributed by atoms with Gasteiger partial charge in [-0.2, -0.15) is 10.4 Å². The minimum Gasteiger partial charge on any atom is -0.370 e. The third kappa shape index (κ3) is 3.94. The summed E-state index contributed by atoms with van der Waals surface area (Å²) in [4.78, 5) is 9.36. The van der Waals surface area contributed by atoms with Gasteiger partial charge in [0.25, 0.3) is 0 Å². The molecule has 176 valence electrons. The van der Waals surface area contributed by atoms with Gasteiger partial charge in [-0.15, -0.1) is 0 Å². The first kappa shape index (κ1) is 21.5. The predicted molar refractivity (Wildman–Crippen MR) is 131 cm³/mol. The van der Waals surface area contributed by atoms with Gasteiger partial charge in [0, 0.05) is 68.8 Å². The Kier molecular flexibility index (Phi) is 5.48. The molecule has 0 amide bonds. The number of ether oxygens (including phenoxy) is 1. The quantitative estimate of drug-likeness (QED) is 0.645. The number of rotatable bonds is 4. The van der Waals surface area contributed by atoms with E-state index in [0.29, 0.717) is 17.6 Å². The van der Waals surface area contributed by atoms with Gasteiger partial charge in [-0.1, -0.05) is 0 Å². The molecule has 3 atom stereocenters. The zero-order valence-electron chi connectivity index (χ0n) is 19.8. The second kappa shape index (κ2) is 8.66. The Morgan fingerprint density at radius 2 is 2.06 bits per heavy atom. The normalized spacial score (nSPS) is 25.7. The van der Waals surface area contributed by atoms with Gasteiger partial charge >= 0.3 is 0 Å². The van der Waals surface area contributed by atoms with Crippen LogP contribution in [0.2, 0.25) is 0 Å². The van der Waals surface area contributed by atoms with Gasteiger partial charge in [-0.25, -0.2) is 0 Å². The molecule has 0 bridgehead atoms. The lowest BCUT2D eigenvalue weighted by Crippen LogP contribution is -2.56. The first-order chi connectivity index (χ1) is 16.6. The van der Waals surface area contributed by atoms with Crippen molar-refractivity contribution >= 4 is 16.6 Å². The topological polar surface area (TPSA) is 82.2 Å². The van der Waals surface area contributed by atoms with Crippen molar-refractivity contribution < 1.29 is 4.74 Å². The summed E-state index contributed by atoms with van der Waals surface area (Å²) in [6.45, 7) is 9.87. The predicted octanol–water partition coefficient (Wildman–Crippen LogP) is 2.49. The fourth-order valence-electron chi connectivity index (χ4n) is 5.66. The zero-order chi connectivity index (χ0) is 23.2. The van der Waals surface area contributed by atoms with Crippen LogP contribution in [0.3, 0.4) is 0 Å². The lowest BCUT2D eigenvalue weighted by atomic mass is 10.0. The Labute approximate surface area is 200 Å². The molecule has 5 heterocycles. The number of morpholine rings is 1. The lowest BCUT2D eigenvalue weighted by Gasteiger charge is -2.44. The molecular formula is C26H31N7O. The van der Waals surface area contributed by atoms with Crippen LogP contribution in [-0.4, -0.2) is 70.6 Å². The average molecular weight is 458 g/mol. The number of pyridine rings is 1. The fraction of sp³-hybridized carbons (Fsp3) is 0.500. The highest BCUT2D eigenvalue weighted by atomic mass is 16.5. The monoisotopic (exact) mass is 457 g/mol. The Hall–Kier alpha value is -2.99. The molecule has 0 spiro atoms. The Morgan fingerprint density at radius 1 is 1.18 bits per heavy atom. The van der Waals surface area contributed by atoms with Crippen molar-refractivity contribution in [2.24, 2.45) is 0 Å². The standard InChI is InChI=1S/C26H31N7O/c1-17-8-20-12-33(30-24(20)10-29-17)21-13-31(14-21)15-22-16-32(11-18(2)34-22)25-6-5-19(9-27)26-23(25)4-3-7-28-26/h3-7,12,17-18,21-22,29H,8,10-11,13-16H2,1-2H3/t17-,18?,22?/m1/s1. The highest BCUT2D eigenvalue weighted by Crippen LogP contribution is 2.31. The fourth-order valence-corrected chi connectivity index (χ4v) is 5.66. The van der Waals surface area contributed by atoms with E-state index in [0.717, 1.165) is 62.3 Å². The molecule has 2 saturated heterocycles. The number of nitrogens with one attached hydrogen (secondary N) is 1. The van der Waals surface area contributed by atoms with Crippen LogP contribution in [0.4, 0.5) is 5.69 Å².